The van der Waals surface area contributed by atoms with E-state index in [0.717, 1.165) is 32.5 Å². The minimum absolute atomic E-state index is 0.108. The Bertz CT molecular complexity index is 321. The summed E-state index contributed by atoms with van der Waals surface area (Å²) in [6.07, 6.45) is 3.38. The molecular weight excluding hydrogens is 190 g/mol. The lowest BCUT2D eigenvalue weighted by molar-refractivity contribution is 0.0792. The van der Waals surface area contributed by atoms with Crippen molar-refractivity contribution in [3.05, 3.63) is 23.9 Å². The molecule has 2 heterocycles. The first-order valence-corrected chi connectivity index (χ1v) is 5.35. The van der Waals surface area contributed by atoms with Gasteiger partial charge in [-0.1, -0.05) is 0 Å². The molecule has 0 aliphatic carbocycles. The molecule has 0 amide bonds. The maximum atomic E-state index is 9.38. The molecule has 15 heavy (non-hydrogen) atoms. The van der Waals surface area contributed by atoms with Crippen LogP contribution in [0.5, 0.6) is 0 Å². The number of hydrogen-bond acceptors (Lipinski definition) is 4. The highest BCUT2D eigenvalue weighted by molar-refractivity contribution is 5.31. The summed E-state index contributed by atoms with van der Waals surface area (Å²) in [5.74, 6) is 0.574. The summed E-state index contributed by atoms with van der Waals surface area (Å²) < 4.78 is 0. The third-order valence-electron chi connectivity index (χ3n) is 2.81. The van der Waals surface area contributed by atoms with Gasteiger partial charge >= 0.3 is 0 Å². The maximum absolute atomic E-state index is 9.38. The van der Waals surface area contributed by atoms with E-state index in [1.54, 1.807) is 6.20 Å². The van der Waals surface area contributed by atoms with Crippen molar-refractivity contribution in [2.45, 2.75) is 25.5 Å². The van der Waals surface area contributed by atoms with Crippen molar-refractivity contribution in [1.82, 2.24) is 9.88 Å². The monoisotopic (exact) mass is 207 g/mol. The van der Waals surface area contributed by atoms with E-state index in [1.807, 2.05) is 12.1 Å². The predicted octanol–water partition coefficient (Wildman–Crippen LogP) is 0.620. The van der Waals surface area contributed by atoms with Gasteiger partial charge in [-0.15, -0.1) is 0 Å². The molecule has 0 bridgehead atoms. The van der Waals surface area contributed by atoms with E-state index in [0.29, 0.717) is 5.82 Å². The van der Waals surface area contributed by atoms with Crippen LogP contribution in [-0.2, 0) is 6.54 Å². The number of nitrogens with two attached hydrogens (primary N) is 1. The molecule has 0 unspecified atom stereocenters. The second-order valence-electron chi connectivity index (χ2n) is 4.10. The van der Waals surface area contributed by atoms with Crippen LogP contribution < -0.4 is 5.73 Å². The number of likely N-dealkylation sites (tertiary alicyclic amines) is 1. The SMILES string of the molecule is Nc1cc(CN2CCC(O)CC2)ccn1. The molecule has 1 aliphatic rings. The third-order valence-corrected chi connectivity index (χ3v) is 2.81. The van der Waals surface area contributed by atoms with Crippen LogP contribution in [0.4, 0.5) is 5.82 Å². The van der Waals surface area contributed by atoms with E-state index in [4.69, 9.17) is 5.73 Å². The van der Waals surface area contributed by atoms with E-state index in [1.165, 1.54) is 5.56 Å². The molecule has 0 aromatic carbocycles. The van der Waals surface area contributed by atoms with Gasteiger partial charge < -0.3 is 10.8 Å². The van der Waals surface area contributed by atoms with Gasteiger partial charge in [-0.25, -0.2) is 4.98 Å². The van der Waals surface area contributed by atoms with Crippen molar-refractivity contribution in [2.75, 3.05) is 18.8 Å². The summed E-state index contributed by atoms with van der Waals surface area (Å²) in [7, 11) is 0. The molecule has 1 aromatic rings. The van der Waals surface area contributed by atoms with Gasteiger partial charge in [-0.3, -0.25) is 4.90 Å². The molecule has 2 rings (SSSR count). The lowest BCUT2D eigenvalue weighted by atomic mass is 10.1. The van der Waals surface area contributed by atoms with E-state index < -0.39 is 0 Å². The fraction of sp³-hybridized carbons (Fsp3) is 0.545. The fourth-order valence-electron chi connectivity index (χ4n) is 1.93. The Morgan fingerprint density at radius 3 is 2.87 bits per heavy atom. The van der Waals surface area contributed by atoms with Crippen LogP contribution in [0.2, 0.25) is 0 Å². The first-order valence-electron chi connectivity index (χ1n) is 5.35. The topological polar surface area (TPSA) is 62.4 Å². The van der Waals surface area contributed by atoms with Gasteiger partial charge in [0, 0.05) is 25.8 Å². The molecule has 0 spiro atoms. The number of rotatable bonds is 2. The van der Waals surface area contributed by atoms with E-state index in [9.17, 15) is 5.11 Å². The van der Waals surface area contributed by atoms with Gasteiger partial charge in [-0.05, 0) is 30.5 Å². The summed E-state index contributed by atoms with van der Waals surface area (Å²) in [4.78, 5) is 6.30. The highest BCUT2D eigenvalue weighted by Gasteiger charge is 2.16. The van der Waals surface area contributed by atoms with Crippen molar-refractivity contribution < 1.29 is 5.11 Å². The van der Waals surface area contributed by atoms with Gasteiger partial charge in [0.05, 0.1) is 6.10 Å². The predicted molar refractivity (Wildman–Crippen MR) is 59.2 cm³/mol. The van der Waals surface area contributed by atoms with Gasteiger partial charge in [0.2, 0.25) is 0 Å². The number of hydrogen-bond donors (Lipinski definition) is 2. The molecule has 4 heteroatoms. The van der Waals surface area contributed by atoms with Crippen molar-refractivity contribution in [2.24, 2.45) is 0 Å². The summed E-state index contributed by atoms with van der Waals surface area (Å²) in [5.41, 5.74) is 6.81. The molecule has 1 fully saturated rings. The fourth-order valence-corrected chi connectivity index (χ4v) is 1.93. The molecule has 0 saturated carbocycles. The van der Waals surface area contributed by atoms with Crippen LogP contribution in [0, 0.1) is 0 Å². The normalized spacial score (nSPS) is 19.3. The van der Waals surface area contributed by atoms with E-state index in [2.05, 4.69) is 9.88 Å². The zero-order valence-corrected chi connectivity index (χ0v) is 8.76. The molecule has 3 N–H and O–H groups in total. The van der Waals surface area contributed by atoms with Crippen molar-refractivity contribution in [1.29, 1.82) is 0 Å². The lowest BCUT2D eigenvalue weighted by Gasteiger charge is -2.29. The smallest absolute Gasteiger partial charge is 0.123 e. The summed E-state index contributed by atoms with van der Waals surface area (Å²) in [5, 5.41) is 9.38. The van der Waals surface area contributed by atoms with Crippen LogP contribution in [-0.4, -0.2) is 34.2 Å². The zero-order valence-electron chi connectivity index (χ0n) is 8.76. The van der Waals surface area contributed by atoms with Crippen molar-refractivity contribution >= 4 is 5.82 Å². The number of aliphatic hydroxyl groups excluding tert-OH is 1. The minimum Gasteiger partial charge on any atom is -0.393 e. The lowest BCUT2D eigenvalue weighted by Crippen LogP contribution is -2.35. The minimum atomic E-state index is -0.108. The molecular formula is C11H17N3O. The summed E-state index contributed by atoms with van der Waals surface area (Å²) in [6, 6.07) is 3.90. The van der Waals surface area contributed by atoms with Gasteiger partial charge in [0.25, 0.3) is 0 Å². The molecule has 1 aromatic heterocycles. The second-order valence-corrected chi connectivity index (χ2v) is 4.10. The Morgan fingerprint density at radius 1 is 1.47 bits per heavy atom. The Hall–Kier alpha value is -1.13. The highest BCUT2D eigenvalue weighted by atomic mass is 16.3. The van der Waals surface area contributed by atoms with Crippen LogP contribution in [0.1, 0.15) is 18.4 Å². The number of aromatic nitrogens is 1. The number of anilines is 1. The van der Waals surface area contributed by atoms with Crippen LogP contribution in [0.25, 0.3) is 0 Å². The number of pyridine rings is 1. The number of aliphatic hydroxyl groups is 1. The Balaban J connectivity index is 1.92. The molecule has 1 saturated heterocycles. The quantitative estimate of drug-likeness (QED) is 0.746. The second kappa shape index (κ2) is 4.59. The van der Waals surface area contributed by atoms with Crippen LogP contribution in [0.15, 0.2) is 18.3 Å². The van der Waals surface area contributed by atoms with Crippen molar-refractivity contribution in [3.8, 4) is 0 Å². The average molecular weight is 207 g/mol. The van der Waals surface area contributed by atoms with Crippen LogP contribution >= 0.6 is 0 Å². The van der Waals surface area contributed by atoms with Crippen molar-refractivity contribution in [3.63, 3.8) is 0 Å². The number of piperidine rings is 1. The highest BCUT2D eigenvalue weighted by Crippen LogP contribution is 2.14. The summed E-state index contributed by atoms with van der Waals surface area (Å²) in [6.45, 7) is 2.83. The summed E-state index contributed by atoms with van der Waals surface area (Å²) >= 11 is 0. The standard InChI is InChI=1S/C11H17N3O/c12-11-7-9(1-4-13-11)8-14-5-2-10(15)3-6-14/h1,4,7,10,15H,2-3,5-6,8H2,(H2,12,13). The Kier molecular flexibility index (Phi) is 3.18. The largest absolute Gasteiger partial charge is 0.393 e. The third kappa shape index (κ3) is 2.91. The van der Waals surface area contributed by atoms with Gasteiger partial charge in [0.15, 0.2) is 0 Å². The zero-order chi connectivity index (χ0) is 10.7. The molecule has 82 valence electrons. The molecule has 4 nitrogen and oxygen atoms in total. The first kappa shape index (κ1) is 10.4. The molecule has 0 radical (unpaired) electrons. The van der Waals surface area contributed by atoms with Crippen LogP contribution in [0.3, 0.4) is 0 Å². The van der Waals surface area contributed by atoms with Gasteiger partial charge in [-0.2, -0.15) is 0 Å². The van der Waals surface area contributed by atoms with E-state index >= 15 is 0 Å². The number of nitrogens with zero attached hydrogens (tertiary/aromatic N) is 2. The first-order chi connectivity index (χ1) is 7.24. The Morgan fingerprint density at radius 2 is 2.20 bits per heavy atom. The maximum Gasteiger partial charge on any atom is 0.123 e. The van der Waals surface area contributed by atoms with Gasteiger partial charge in [0.1, 0.15) is 5.82 Å². The number of nitrogen functional groups attached to an aromatic ring is 1. The molecule has 0 atom stereocenters. The Labute approximate surface area is 89.7 Å². The molecule has 1 aliphatic heterocycles. The average Bonchev–Trinajstić information content (AvgIpc) is 2.22. The van der Waals surface area contributed by atoms with E-state index in [-0.39, 0.29) is 6.10 Å².